The van der Waals surface area contributed by atoms with Crippen LogP contribution < -0.4 is 5.73 Å². The van der Waals surface area contributed by atoms with Gasteiger partial charge in [0, 0.05) is 32.2 Å². The fourth-order valence-electron chi connectivity index (χ4n) is 3.25. The highest BCUT2D eigenvalue weighted by molar-refractivity contribution is 5.82. The van der Waals surface area contributed by atoms with Crippen molar-refractivity contribution in [3.8, 4) is 0 Å². The Balaban J connectivity index is 1.49. The molecule has 0 bridgehead atoms. The van der Waals surface area contributed by atoms with Gasteiger partial charge in [-0.3, -0.25) is 9.69 Å². The van der Waals surface area contributed by atoms with E-state index in [0.29, 0.717) is 6.42 Å². The van der Waals surface area contributed by atoms with Crippen LogP contribution in [0.3, 0.4) is 0 Å². The van der Waals surface area contributed by atoms with Gasteiger partial charge in [-0.05, 0) is 24.8 Å². The number of amides is 1. The van der Waals surface area contributed by atoms with Crippen LogP contribution in [0.15, 0.2) is 30.3 Å². The summed E-state index contributed by atoms with van der Waals surface area (Å²) in [5.74, 6) is 0.104. The minimum atomic E-state index is -0.414. The fraction of sp³-hybridized carbons (Fsp3) is 0.588. The first kappa shape index (κ1) is 14.5. The molecular formula is C17H25N3O. The number of benzene rings is 1. The number of nitrogens with zero attached hydrogens (tertiary/aromatic N) is 2. The van der Waals surface area contributed by atoms with Gasteiger partial charge in [0.2, 0.25) is 5.91 Å². The molecule has 4 heteroatoms. The number of carbonyl (C=O) groups excluding carboxylic acids is 1. The lowest BCUT2D eigenvalue weighted by Crippen LogP contribution is -2.56. The topological polar surface area (TPSA) is 49.6 Å². The van der Waals surface area contributed by atoms with E-state index >= 15 is 0 Å². The lowest BCUT2D eigenvalue weighted by atomic mass is 9.91. The predicted molar refractivity (Wildman–Crippen MR) is 83.9 cm³/mol. The normalized spacial score (nSPS) is 21.9. The van der Waals surface area contributed by atoms with Gasteiger partial charge in [0.25, 0.3) is 0 Å². The molecule has 114 valence electrons. The zero-order valence-electron chi connectivity index (χ0n) is 12.6. The van der Waals surface area contributed by atoms with E-state index in [1.165, 1.54) is 19.3 Å². The maximum Gasteiger partial charge on any atom is 0.239 e. The third-order valence-electron chi connectivity index (χ3n) is 4.83. The van der Waals surface area contributed by atoms with Crippen LogP contribution >= 0.6 is 0 Å². The Bertz CT molecular complexity index is 464. The molecule has 1 saturated carbocycles. The van der Waals surface area contributed by atoms with Crippen molar-refractivity contribution >= 4 is 5.91 Å². The van der Waals surface area contributed by atoms with Crippen LogP contribution in [0.25, 0.3) is 0 Å². The van der Waals surface area contributed by atoms with Gasteiger partial charge < -0.3 is 10.6 Å². The molecule has 0 aromatic heterocycles. The van der Waals surface area contributed by atoms with E-state index in [1.807, 2.05) is 35.2 Å². The van der Waals surface area contributed by atoms with Crippen molar-refractivity contribution in [1.29, 1.82) is 0 Å². The third-order valence-corrected chi connectivity index (χ3v) is 4.83. The lowest BCUT2D eigenvalue weighted by molar-refractivity contribution is -0.134. The Kier molecular flexibility index (Phi) is 4.56. The first-order valence-electron chi connectivity index (χ1n) is 8.06. The summed E-state index contributed by atoms with van der Waals surface area (Å²) in [5, 5.41) is 0. The van der Waals surface area contributed by atoms with E-state index in [9.17, 15) is 4.79 Å². The van der Waals surface area contributed by atoms with E-state index in [4.69, 9.17) is 5.73 Å². The van der Waals surface area contributed by atoms with Gasteiger partial charge in [-0.15, -0.1) is 0 Å². The Morgan fingerprint density at radius 1 is 1.14 bits per heavy atom. The van der Waals surface area contributed by atoms with Crippen LogP contribution in [0.5, 0.6) is 0 Å². The third kappa shape index (κ3) is 3.44. The molecule has 0 radical (unpaired) electrons. The van der Waals surface area contributed by atoms with Gasteiger partial charge in [0.05, 0.1) is 6.04 Å². The second-order valence-corrected chi connectivity index (χ2v) is 6.24. The molecule has 1 aromatic carbocycles. The first-order valence-corrected chi connectivity index (χ1v) is 8.06. The molecule has 3 rings (SSSR count). The summed E-state index contributed by atoms with van der Waals surface area (Å²) in [6.45, 7) is 3.68. The molecule has 2 aliphatic rings. The molecule has 2 fully saturated rings. The second-order valence-electron chi connectivity index (χ2n) is 6.24. The highest BCUT2D eigenvalue weighted by Crippen LogP contribution is 2.25. The molecular weight excluding hydrogens is 262 g/mol. The van der Waals surface area contributed by atoms with E-state index in [0.717, 1.165) is 37.8 Å². The molecule has 2 N–H and O–H groups in total. The van der Waals surface area contributed by atoms with Gasteiger partial charge >= 0.3 is 0 Å². The number of rotatable bonds is 4. The summed E-state index contributed by atoms with van der Waals surface area (Å²) in [6.07, 6.45) is 4.66. The molecule has 1 aliphatic carbocycles. The van der Waals surface area contributed by atoms with E-state index in [1.54, 1.807) is 0 Å². The number of piperazine rings is 1. The predicted octanol–water partition coefficient (Wildman–Crippen LogP) is 1.25. The number of hydrogen-bond donors (Lipinski definition) is 1. The highest BCUT2D eigenvalue weighted by atomic mass is 16.2. The smallest absolute Gasteiger partial charge is 0.239 e. The largest absolute Gasteiger partial charge is 0.339 e. The van der Waals surface area contributed by atoms with Crippen molar-refractivity contribution in [1.82, 2.24) is 9.80 Å². The van der Waals surface area contributed by atoms with Crippen molar-refractivity contribution in [3.63, 3.8) is 0 Å². The van der Waals surface area contributed by atoms with Crippen LogP contribution in [0, 0.1) is 0 Å². The highest BCUT2D eigenvalue weighted by Gasteiger charge is 2.30. The van der Waals surface area contributed by atoms with Gasteiger partial charge in [-0.25, -0.2) is 0 Å². The monoisotopic (exact) mass is 287 g/mol. The Morgan fingerprint density at radius 3 is 2.38 bits per heavy atom. The van der Waals surface area contributed by atoms with Crippen LogP contribution in [-0.4, -0.2) is 54.0 Å². The quantitative estimate of drug-likeness (QED) is 0.907. The lowest BCUT2D eigenvalue weighted by Gasteiger charge is -2.43. The summed E-state index contributed by atoms with van der Waals surface area (Å²) in [6, 6.07) is 10.4. The Labute approximate surface area is 126 Å². The SMILES string of the molecule is N[C@@H](Cc1ccccc1)C(=O)N1CCN(C2CCC2)CC1. The summed E-state index contributed by atoms with van der Waals surface area (Å²) in [7, 11) is 0. The minimum Gasteiger partial charge on any atom is -0.339 e. The van der Waals surface area contributed by atoms with Gasteiger partial charge in [-0.1, -0.05) is 36.8 Å². The maximum absolute atomic E-state index is 12.4. The Hall–Kier alpha value is -1.39. The average Bonchev–Trinajstić information content (AvgIpc) is 2.46. The van der Waals surface area contributed by atoms with Crippen LogP contribution in [0.1, 0.15) is 24.8 Å². The molecule has 4 nitrogen and oxygen atoms in total. The van der Waals surface area contributed by atoms with Crippen LogP contribution in [0.2, 0.25) is 0 Å². The summed E-state index contributed by atoms with van der Waals surface area (Å²) in [4.78, 5) is 16.9. The van der Waals surface area contributed by atoms with Gasteiger partial charge in [0.1, 0.15) is 0 Å². The zero-order valence-corrected chi connectivity index (χ0v) is 12.6. The molecule has 1 aromatic rings. The molecule has 1 atom stereocenters. The molecule has 1 amide bonds. The standard InChI is InChI=1S/C17H25N3O/c18-16(13-14-5-2-1-3-6-14)17(21)20-11-9-19(10-12-20)15-7-4-8-15/h1-3,5-6,15-16H,4,7-13,18H2/t16-/m0/s1. The summed E-state index contributed by atoms with van der Waals surface area (Å²) >= 11 is 0. The molecule has 1 heterocycles. The fourth-order valence-corrected chi connectivity index (χ4v) is 3.25. The van der Waals surface area contributed by atoms with Gasteiger partial charge in [0.15, 0.2) is 0 Å². The van der Waals surface area contributed by atoms with E-state index in [-0.39, 0.29) is 5.91 Å². The number of nitrogens with two attached hydrogens (primary N) is 1. The summed E-state index contributed by atoms with van der Waals surface area (Å²) < 4.78 is 0. The van der Waals surface area contributed by atoms with Crippen molar-refractivity contribution in [2.45, 2.75) is 37.8 Å². The molecule has 1 aliphatic heterocycles. The Morgan fingerprint density at radius 2 is 1.81 bits per heavy atom. The van der Waals surface area contributed by atoms with E-state index < -0.39 is 6.04 Å². The molecule has 0 spiro atoms. The van der Waals surface area contributed by atoms with Crippen molar-refractivity contribution < 1.29 is 4.79 Å². The van der Waals surface area contributed by atoms with Crippen molar-refractivity contribution in [2.24, 2.45) is 5.73 Å². The van der Waals surface area contributed by atoms with Crippen LogP contribution in [0.4, 0.5) is 0 Å². The molecule has 1 saturated heterocycles. The zero-order chi connectivity index (χ0) is 14.7. The first-order chi connectivity index (χ1) is 10.2. The van der Waals surface area contributed by atoms with E-state index in [2.05, 4.69) is 4.90 Å². The second kappa shape index (κ2) is 6.58. The molecule has 0 unspecified atom stereocenters. The van der Waals surface area contributed by atoms with Crippen LogP contribution in [-0.2, 0) is 11.2 Å². The minimum absolute atomic E-state index is 0.104. The van der Waals surface area contributed by atoms with Crippen molar-refractivity contribution in [3.05, 3.63) is 35.9 Å². The van der Waals surface area contributed by atoms with Gasteiger partial charge in [-0.2, -0.15) is 0 Å². The number of carbonyl (C=O) groups is 1. The van der Waals surface area contributed by atoms with Crippen molar-refractivity contribution in [2.75, 3.05) is 26.2 Å². The molecule has 21 heavy (non-hydrogen) atoms. The summed E-state index contributed by atoms with van der Waals surface area (Å²) in [5.41, 5.74) is 7.24. The average molecular weight is 287 g/mol. The number of hydrogen-bond acceptors (Lipinski definition) is 3. The maximum atomic E-state index is 12.4.